The van der Waals surface area contributed by atoms with Crippen LogP contribution in [0, 0.1) is 0 Å². The number of nitrogens with one attached hydrogen (secondary N) is 2. The standard InChI is InChI=1S/C14H19N3O4/c1-9(10-5-3-2-4-6-10)8-16-14(21)17-11(13(19)20)7-12(15)18/h2-6,9,11H,7-8H2,1H3,(H2,15,18)(H,19,20)(H2,16,17,21). The van der Waals surface area contributed by atoms with Crippen LogP contribution in [0.2, 0.25) is 0 Å². The van der Waals surface area contributed by atoms with Gasteiger partial charge in [-0.1, -0.05) is 37.3 Å². The molecule has 0 heterocycles. The Morgan fingerprint density at radius 1 is 1.24 bits per heavy atom. The molecule has 0 saturated heterocycles. The summed E-state index contributed by atoms with van der Waals surface area (Å²) in [6.45, 7) is 2.28. The van der Waals surface area contributed by atoms with Gasteiger partial charge in [-0.2, -0.15) is 0 Å². The largest absolute Gasteiger partial charge is 0.480 e. The van der Waals surface area contributed by atoms with Crippen LogP contribution in [-0.2, 0) is 9.59 Å². The van der Waals surface area contributed by atoms with Crippen molar-refractivity contribution >= 4 is 17.9 Å². The summed E-state index contributed by atoms with van der Waals surface area (Å²) in [6.07, 6.45) is -0.447. The second-order valence-electron chi connectivity index (χ2n) is 4.73. The summed E-state index contributed by atoms with van der Waals surface area (Å²) in [4.78, 5) is 33.3. The van der Waals surface area contributed by atoms with E-state index in [2.05, 4.69) is 10.6 Å². The summed E-state index contributed by atoms with van der Waals surface area (Å²) < 4.78 is 0. The van der Waals surface area contributed by atoms with Crippen molar-refractivity contribution in [2.24, 2.45) is 5.73 Å². The van der Waals surface area contributed by atoms with E-state index in [0.717, 1.165) is 5.56 Å². The summed E-state index contributed by atoms with van der Waals surface area (Å²) >= 11 is 0. The van der Waals surface area contributed by atoms with Crippen LogP contribution in [0.4, 0.5) is 4.79 Å². The number of carboxylic acid groups (broad SMARTS) is 1. The number of hydrogen-bond donors (Lipinski definition) is 4. The second kappa shape index (κ2) is 7.88. The third kappa shape index (κ3) is 5.94. The molecular weight excluding hydrogens is 274 g/mol. The maximum absolute atomic E-state index is 11.6. The van der Waals surface area contributed by atoms with Gasteiger partial charge in [-0.3, -0.25) is 4.79 Å². The number of carboxylic acids is 1. The highest BCUT2D eigenvalue weighted by molar-refractivity contribution is 5.87. The van der Waals surface area contributed by atoms with Gasteiger partial charge < -0.3 is 21.5 Å². The molecule has 0 radical (unpaired) electrons. The number of carbonyl (C=O) groups excluding carboxylic acids is 2. The highest BCUT2D eigenvalue weighted by Gasteiger charge is 2.22. The number of urea groups is 1. The van der Waals surface area contributed by atoms with Gasteiger partial charge in [0.15, 0.2) is 0 Å². The molecule has 7 heteroatoms. The SMILES string of the molecule is CC(CNC(=O)NC(CC(N)=O)C(=O)O)c1ccccc1. The summed E-state index contributed by atoms with van der Waals surface area (Å²) in [7, 11) is 0. The lowest BCUT2D eigenvalue weighted by atomic mass is 10.0. The van der Waals surface area contributed by atoms with E-state index in [4.69, 9.17) is 10.8 Å². The molecule has 0 bridgehead atoms. The molecule has 114 valence electrons. The zero-order valence-corrected chi connectivity index (χ0v) is 11.7. The Balaban J connectivity index is 2.46. The highest BCUT2D eigenvalue weighted by atomic mass is 16.4. The maximum Gasteiger partial charge on any atom is 0.326 e. The molecule has 0 aromatic heterocycles. The van der Waals surface area contributed by atoms with E-state index < -0.39 is 30.4 Å². The molecule has 3 amide bonds. The van der Waals surface area contributed by atoms with Gasteiger partial charge in [-0.25, -0.2) is 9.59 Å². The monoisotopic (exact) mass is 293 g/mol. The van der Waals surface area contributed by atoms with Crippen LogP contribution >= 0.6 is 0 Å². The summed E-state index contributed by atoms with van der Waals surface area (Å²) in [5.74, 6) is -2.02. The van der Waals surface area contributed by atoms with Crippen molar-refractivity contribution in [1.29, 1.82) is 0 Å². The van der Waals surface area contributed by atoms with Crippen LogP contribution in [0.15, 0.2) is 30.3 Å². The first-order valence-electron chi connectivity index (χ1n) is 6.50. The molecule has 2 unspecified atom stereocenters. The third-order valence-corrected chi connectivity index (χ3v) is 2.95. The van der Waals surface area contributed by atoms with Gasteiger partial charge in [0.25, 0.3) is 0 Å². The van der Waals surface area contributed by atoms with Crippen LogP contribution in [-0.4, -0.2) is 35.6 Å². The van der Waals surface area contributed by atoms with Gasteiger partial charge in [0.2, 0.25) is 5.91 Å². The summed E-state index contributed by atoms with van der Waals surface area (Å²) in [6, 6.07) is 7.62. The fourth-order valence-corrected chi connectivity index (χ4v) is 1.76. The first-order valence-corrected chi connectivity index (χ1v) is 6.50. The molecule has 1 rings (SSSR count). The van der Waals surface area contributed by atoms with E-state index in [1.165, 1.54) is 0 Å². The van der Waals surface area contributed by atoms with Gasteiger partial charge in [0, 0.05) is 6.54 Å². The molecule has 5 N–H and O–H groups in total. The van der Waals surface area contributed by atoms with Gasteiger partial charge in [0.1, 0.15) is 6.04 Å². The van der Waals surface area contributed by atoms with E-state index in [0.29, 0.717) is 6.54 Å². The second-order valence-corrected chi connectivity index (χ2v) is 4.73. The topological polar surface area (TPSA) is 122 Å². The van der Waals surface area contributed by atoms with Crippen LogP contribution < -0.4 is 16.4 Å². The molecule has 0 fully saturated rings. The number of primary amides is 1. The number of amides is 3. The van der Waals surface area contributed by atoms with Crippen molar-refractivity contribution in [3.05, 3.63) is 35.9 Å². The van der Waals surface area contributed by atoms with E-state index >= 15 is 0 Å². The normalized spacial score (nSPS) is 13.0. The van der Waals surface area contributed by atoms with Crippen molar-refractivity contribution in [2.45, 2.75) is 25.3 Å². The van der Waals surface area contributed by atoms with Gasteiger partial charge in [-0.05, 0) is 11.5 Å². The number of nitrogens with two attached hydrogens (primary N) is 1. The van der Waals surface area contributed by atoms with Crippen molar-refractivity contribution in [2.75, 3.05) is 6.54 Å². The molecule has 21 heavy (non-hydrogen) atoms. The third-order valence-electron chi connectivity index (χ3n) is 2.95. The minimum Gasteiger partial charge on any atom is -0.480 e. The quantitative estimate of drug-likeness (QED) is 0.582. The van der Waals surface area contributed by atoms with E-state index in [1.54, 1.807) is 0 Å². The molecule has 0 spiro atoms. The predicted octanol–water partition coefficient (Wildman–Crippen LogP) is 0.418. The fraction of sp³-hybridized carbons (Fsp3) is 0.357. The highest BCUT2D eigenvalue weighted by Crippen LogP contribution is 2.12. The molecule has 0 aliphatic heterocycles. The minimum absolute atomic E-state index is 0.0800. The van der Waals surface area contributed by atoms with Gasteiger partial charge in [-0.15, -0.1) is 0 Å². The average molecular weight is 293 g/mol. The maximum atomic E-state index is 11.6. The van der Waals surface area contributed by atoms with Crippen molar-refractivity contribution in [1.82, 2.24) is 10.6 Å². The molecule has 7 nitrogen and oxygen atoms in total. The first-order chi connectivity index (χ1) is 9.90. The summed E-state index contributed by atoms with van der Waals surface area (Å²) in [5.41, 5.74) is 5.99. The Morgan fingerprint density at radius 3 is 2.38 bits per heavy atom. The van der Waals surface area contributed by atoms with Crippen LogP contribution in [0.5, 0.6) is 0 Å². The molecular formula is C14H19N3O4. The van der Waals surface area contributed by atoms with Crippen molar-refractivity contribution in [3.63, 3.8) is 0 Å². The molecule has 1 aromatic rings. The Kier molecular flexibility index (Phi) is 6.19. The van der Waals surface area contributed by atoms with Gasteiger partial charge in [0.05, 0.1) is 6.42 Å². The van der Waals surface area contributed by atoms with Gasteiger partial charge >= 0.3 is 12.0 Å². The Bertz CT molecular complexity index is 504. The van der Waals surface area contributed by atoms with Crippen molar-refractivity contribution in [3.8, 4) is 0 Å². The molecule has 0 aliphatic carbocycles. The fourth-order valence-electron chi connectivity index (χ4n) is 1.76. The minimum atomic E-state index is -1.32. The Hall–Kier alpha value is -2.57. The van der Waals surface area contributed by atoms with E-state index in [-0.39, 0.29) is 5.92 Å². The van der Waals surface area contributed by atoms with Crippen LogP contribution in [0.1, 0.15) is 24.8 Å². The average Bonchev–Trinajstić information content (AvgIpc) is 2.44. The lowest BCUT2D eigenvalue weighted by Gasteiger charge is -2.16. The molecule has 1 aromatic carbocycles. The number of benzene rings is 1. The van der Waals surface area contributed by atoms with E-state index in [9.17, 15) is 14.4 Å². The summed E-state index contributed by atoms with van der Waals surface area (Å²) in [5, 5.41) is 13.7. The lowest BCUT2D eigenvalue weighted by molar-refractivity contribution is -0.140. The first kappa shape index (κ1) is 16.5. The molecule has 0 saturated carbocycles. The predicted molar refractivity (Wildman–Crippen MR) is 76.6 cm³/mol. The lowest BCUT2D eigenvalue weighted by Crippen LogP contribution is -2.48. The van der Waals surface area contributed by atoms with Crippen LogP contribution in [0.25, 0.3) is 0 Å². The number of hydrogen-bond acceptors (Lipinski definition) is 3. The molecule has 2 atom stereocenters. The zero-order chi connectivity index (χ0) is 15.8. The smallest absolute Gasteiger partial charge is 0.326 e. The zero-order valence-electron chi connectivity index (χ0n) is 11.7. The Morgan fingerprint density at radius 2 is 1.86 bits per heavy atom. The Labute approximate surface area is 122 Å². The van der Waals surface area contributed by atoms with Crippen LogP contribution in [0.3, 0.4) is 0 Å². The number of carbonyl (C=O) groups is 3. The van der Waals surface area contributed by atoms with E-state index in [1.807, 2.05) is 37.3 Å². The van der Waals surface area contributed by atoms with Crippen molar-refractivity contribution < 1.29 is 19.5 Å². The number of rotatable bonds is 7. The molecule has 0 aliphatic rings. The number of aliphatic carboxylic acids is 1.